The molecule has 0 heterocycles. The van der Waals surface area contributed by atoms with Crippen LogP contribution in [0.2, 0.25) is 51.4 Å². The molecule has 3 aromatic carbocycles. The average Bonchev–Trinajstić information content (AvgIpc) is 3.48. The molecule has 0 aliphatic heterocycles. The summed E-state index contributed by atoms with van der Waals surface area (Å²) in [7, 11) is -5.49. The monoisotopic (exact) mass is 793 g/mol. The zero-order valence-corrected chi connectivity index (χ0v) is 34.7. The molecule has 14 heteroatoms. The van der Waals surface area contributed by atoms with Crippen molar-refractivity contribution in [2.75, 3.05) is 39.5 Å². The van der Waals surface area contributed by atoms with E-state index in [1.165, 1.54) is 23.5 Å². The van der Waals surface area contributed by atoms with Crippen LogP contribution in [0.1, 0.15) is 47.1 Å². The number of rotatable bonds is 19. The molecule has 0 saturated heterocycles. The van der Waals surface area contributed by atoms with Gasteiger partial charge in [0.05, 0.1) is 24.8 Å². The van der Waals surface area contributed by atoms with E-state index in [0.29, 0.717) is 42.9 Å². The number of alkyl halides is 3. The standard InChI is InChI=1S/C39H54F3NO7SSi2/c1-47-38(44)25-30(26-51(45,46)43(27-48-21-23-52(2,3)4)28-49-22-24-53(5,6)7)29-15-17-31(18-16-29)50-37-20-19-33-32(12-10-13-35(33)37)34-11-8-9-14-36(34)39(40,41)42/h8-18,30,37H,19-28H2,1-7H3/t30?,37-/m1/s1. The topological polar surface area (TPSA) is 91.4 Å². The number of ether oxygens (including phenoxy) is 4. The third-order valence-corrected chi connectivity index (χ3v) is 14.5. The van der Waals surface area contributed by atoms with E-state index >= 15 is 0 Å². The first-order chi connectivity index (χ1) is 24.8. The molecule has 53 heavy (non-hydrogen) atoms. The summed E-state index contributed by atoms with van der Waals surface area (Å²) in [5.41, 5.74) is 2.28. The van der Waals surface area contributed by atoms with Crippen molar-refractivity contribution in [3.63, 3.8) is 0 Å². The van der Waals surface area contributed by atoms with E-state index in [1.807, 2.05) is 6.07 Å². The number of hydrogen-bond acceptors (Lipinski definition) is 7. The molecule has 0 saturated carbocycles. The first-order valence-corrected chi connectivity index (χ1v) is 27.0. The first kappa shape index (κ1) is 42.7. The number of carbonyl (C=O) groups excluding carboxylic acids is 1. The van der Waals surface area contributed by atoms with Crippen LogP contribution >= 0.6 is 0 Å². The summed E-state index contributed by atoms with van der Waals surface area (Å²) in [6, 6.07) is 19.7. The highest BCUT2D eigenvalue weighted by Crippen LogP contribution is 2.44. The second kappa shape index (κ2) is 18.1. The van der Waals surface area contributed by atoms with Gasteiger partial charge in [0, 0.05) is 35.3 Å². The van der Waals surface area contributed by atoms with Crippen molar-refractivity contribution in [3.05, 3.63) is 89.0 Å². The molecule has 1 unspecified atom stereocenters. The maximum atomic E-state index is 13.9. The van der Waals surface area contributed by atoms with Gasteiger partial charge in [-0.05, 0) is 70.9 Å². The first-order valence-electron chi connectivity index (χ1n) is 18.0. The van der Waals surface area contributed by atoms with E-state index < -0.39 is 49.8 Å². The molecule has 8 nitrogen and oxygen atoms in total. The molecular weight excluding hydrogens is 740 g/mol. The Hall–Kier alpha value is -3.02. The number of fused-ring (bicyclic) bond motifs is 1. The highest BCUT2D eigenvalue weighted by molar-refractivity contribution is 7.89. The van der Waals surface area contributed by atoms with Crippen molar-refractivity contribution in [2.24, 2.45) is 0 Å². The van der Waals surface area contributed by atoms with Crippen LogP contribution in [-0.4, -0.2) is 74.4 Å². The summed E-state index contributed by atoms with van der Waals surface area (Å²) in [6.45, 7) is 13.9. The predicted octanol–water partition coefficient (Wildman–Crippen LogP) is 9.34. The Morgan fingerprint density at radius 1 is 0.849 bits per heavy atom. The fourth-order valence-corrected chi connectivity index (χ4v) is 9.16. The average molecular weight is 794 g/mol. The van der Waals surface area contributed by atoms with Gasteiger partial charge in [-0.15, -0.1) is 0 Å². The lowest BCUT2D eigenvalue weighted by Gasteiger charge is -2.26. The summed E-state index contributed by atoms with van der Waals surface area (Å²) in [5.74, 6) is -1.12. The lowest BCUT2D eigenvalue weighted by Crippen LogP contribution is -2.39. The molecule has 0 fully saturated rings. The van der Waals surface area contributed by atoms with Crippen LogP contribution in [0.15, 0.2) is 66.7 Å². The van der Waals surface area contributed by atoms with Crippen LogP contribution in [0.25, 0.3) is 11.1 Å². The van der Waals surface area contributed by atoms with Gasteiger partial charge in [0.25, 0.3) is 0 Å². The number of hydrogen-bond donors (Lipinski definition) is 0. The smallest absolute Gasteiger partial charge is 0.417 e. The minimum Gasteiger partial charge on any atom is -0.486 e. The van der Waals surface area contributed by atoms with Crippen molar-refractivity contribution in [1.29, 1.82) is 0 Å². The van der Waals surface area contributed by atoms with Gasteiger partial charge >= 0.3 is 12.1 Å². The molecule has 0 amide bonds. The van der Waals surface area contributed by atoms with Gasteiger partial charge in [-0.3, -0.25) is 4.79 Å². The lowest BCUT2D eigenvalue weighted by atomic mass is 9.93. The second-order valence-corrected chi connectivity index (χ2v) is 29.3. The zero-order valence-electron chi connectivity index (χ0n) is 31.9. The summed E-state index contributed by atoms with van der Waals surface area (Å²) in [6.07, 6.45) is -3.88. The third-order valence-electron chi connectivity index (χ3n) is 9.28. The molecule has 0 aromatic heterocycles. The highest BCUT2D eigenvalue weighted by Gasteiger charge is 2.35. The number of sulfonamides is 1. The Morgan fingerprint density at radius 2 is 1.43 bits per heavy atom. The Balaban J connectivity index is 1.51. The van der Waals surface area contributed by atoms with Crippen molar-refractivity contribution in [1.82, 2.24) is 4.31 Å². The fourth-order valence-electron chi connectivity index (χ4n) is 6.14. The predicted molar refractivity (Wildman–Crippen MR) is 208 cm³/mol. The summed E-state index contributed by atoms with van der Waals surface area (Å²) >= 11 is 0. The number of methoxy groups -OCH3 is 1. The molecule has 2 atom stereocenters. The van der Waals surface area contributed by atoms with Crippen LogP contribution in [0, 0.1) is 0 Å². The zero-order chi connectivity index (χ0) is 39.0. The van der Waals surface area contributed by atoms with E-state index in [1.54, 1.807) is 42.5 Å². The van der Waals surface area contributed by atoms with Gasteiger partial charge in [-0.2, -0.15) is 17.5 Å². The van der Waals surface area contributed by atoms with E-state index in [9.17, 15) is 26.4 Å². The van der Waals surface area contributed by atoms with Crippen LogP contribution in [0.5, 0.6) is 5.75 Å². The summed E-state index contributed by atoms with van der Waals surface area (Å²) < 4.78 is 93.7. The molecule has 0 N–H and O–H groups in total. The van der Waals surface area contributed by atoms with E-state index in [2.05, 4.69) is 39.3 Å². The number of benzene rings is 3. The lowest BCUT2D eigenvalue weighted by molar-refractivity contribution is -0.141. The molecule has 292 valence electrons. The van der Waals surface area contributed by atoms with E-state index in [0.717, 1.165) is 29.3 Å². The minimum atomic E-state index is -4.48. The molecule has 0 bridgehead atoms. The van der Waals surface area contributed by atoms with Gasteiger partial charge in [0.1, 0.15) is 25.3 Å². The van der Waals surface area contributed by atoms with Gasteiger partial charge in [0.15, 0.2) is 0 Å². The molecule has 0 radical (unpaired) electrons. The molecular formula is C39H54F3NO7SSi2. The van der Waals surface area contributed by atoms with Gasteiger partial charge in [0.2, 0.25) is 10.0 Å². The molecule has 1 aliphatic carbocycles. The maximum absolute atomic E-state index is 13.9. The number of halogens is 3. The summed E-state index contributed by atoms with van der Waals surface area (Å²) in [4.78, 5) is 12.5. The van der Waals surface area contributed by atoms with E-state index in [-0.39, 0.29) is 37.3 Å². The van der Waals surface area contributed by atoms with Crippen LogP contribution < -0.4 is 4.74 Å². The number of carbonyl (C=O) groups is 1. The summed E-state index contributed by atoms with van der Waals surface area (Å²) in [5, 5.41) is 0. The Morgan fingerprint density at radius 3 is 2.00 bits per heavy atom. The highest BCUT2D eigenvalue weighted by atomic mass is 32.2. The quantitative estimate of drug-likeness (QED) is 0.0517. The normalized spacial score (nSPS) is 15.7. The SMILES string of the molecule is COC(=O)CC(CS(=O)(=O)N(COCC[Si](C)(C)C)COCC[Si](C)(C)C)c1ccc(O[C@@H]2CCc3c(-c4ccccc4C(F)(F)F)cccc32)cc1. The number of nitrogens with zero attached hydrogens (tertiary/aromatic N) is 1. The van der Waals surface area contributed by atoms with Gasteiger partial charge in [-0.1, -0.05) is 87.8 Å². The molecule has 4 rings (SSSR count). The molecule has 3 aromatic rings. The Bertz CT molecular complexity index is 1750. The largest absolute Gasteiger partial charge is 0.486 e. The van der Waals surface area contributed by atoms with Gasteiger partial charge < -0.3 is 18.9 Å². The van der Waals surface area contributed by atoms with Crippen molar-refractivity contribution in [2.45, 2.75) is 88.8 Å². The van der Waals surface area contributed by atoms with Crippen LogP contribution in [0.3, 0.4) is 0 Å². The van der Waals surface area contributed by atoms with Gasteiger partial charge in [-0.25, -0.2) is 8.42 Å². The molecule has 0 spiro atoms. The molecule has 1 aliphatic rings. The van der Waals surface area contributed by atoms with E-state index in [4.69, 9.17) is 18.9 Å². The Kier molecular flexibility index (Phi) is 14.6. The maximum Gasteiger partial charge on any atom is 0.417 e. The number of esters is 1. The fraction of sp³-hybridized carbons (Fsp3) is 0.513. The van der Waals surface area contributed by atoms with Crippen molar-refractivity contribution < 1.29 is 45.3 Å². The van der Waals surface area contributed by atoms with Crippen LogP contribution in [-0.2, 0) is 41.6 Å². The van der Waals surface area contributed by atoms with Crippen LogP contribution in [0.4, 0.5) is 13.2 Å². The third kappa shape index (κ3) is 12.8. The van der Waals surface area contributed by atoms with Crippen molar-refractivity contribution in [3.8, 4) is 16.9 Å². The van der Waals surface area contributed by atoms with Crippen molar-refractivity contribution >= 4 is 32.1 Å². The Labute approximate surface area is 315 Å². The minimum absolute atomic E-state index is 0.142. The second-order valence-electron chi connectivity index (χ2n) is 16.0.